The number of hydrogen-bond acceptors (Lipinski definition) is 2. The van der Waals surface area contributed by atoms with Crippen molar-refractivity contribution >= 4 is 0 Å². The second kappa shape index (κ2) is 3.20. The third kappa shape index (κ3) is 1.56. The second-order valence-corrected chi connectivity index (χ2v) is 3.40. The van der Waals surface area contributed by atoms with E-state index in [4.69, 9.17) is 10.00 Å². The summed E-state index contributed by atoms with van der Waals surface area (Å²) in [5.41, 5.74) is 1.88. The fourth-order valence-corrected chi connectivity index (χ4v) is 1.56. The lowest BCUT2D eigenvalue weighted by atomic mass is 9.98. The van der Waals surface area contributed by atoms with E-state index in [0.717, 1.165) is 6.42 Å². The van der Waals surface area contributed by atoms with Crippen LogP contribution in [-0.2, 0) is 4.74 Å². The standard InChI is InChI=1S/C11H11NO/c1-8-6-11(13-8)10-4-2-9(7-12)3-5-10/h2-5,8,11H,6H2,1H3. The normalized spacial score (nSPS) is 26.2. The van der Waals surface area contributed by atoms with E-state index in [1.165, 1.54) is 5.56 Å². The lowest BCUT2D eigenvalue weighted by Crippen LogP contribution is -2.27. The van der Waals surface area contributed by atoms with Crippen molar-refractivity contribution in [2.24, 2.45) is 0 Å². The molecule has 1 fully saturated rings. The molecule has 1 aromatic carbocycles. The van der Waals surface area contributed by atoms with Crippen molar-refractivity contribution in [3.8, 4) is 6.07 Å². The van der Waals surface area contributed by atoms with Gasteiger partial charge in [-0.3, -0.25) is 0 Å². The Morgan fingerprint density at radius 3 is 2.46 bits per heavy atom. The lowest BCUT2D eigenvalue weighted by Gasteiger charge is -2.33. The number of nitriles is 1. The zero-order valence-corrected chi connectivity index (χ0v) is 7.53. The predicted molar refractivity (Wildman–Crippen MR) is 49.1 cm³/mol. The Morgan fingerprint density at radius 1 is 1.38 bits per heavy atom. The van der Waals surface area contributed by atoms with Crippen LogP contribution in [0.2, 0.25) is 0 Å². The van der Waals surface area contributed by atoms with E-state index in [1.54, 1.807) is 0 Å². The van der Waals surface area contributed by atoms with Crippen molar-refractivity contribution in [3.63, 3.8) is 0 Å². The van der Waals surface area contributed by atoms with Gasteiger partial charge in [0.1, 0.15) is 0 Å². The maximum absolute atomic E-state index is 8.60. The van der Waals surface area contributed by atoms with Crippen LogP contribution < -0.4 is 0 Å². The summed E-state index contributed by atoms with van der Waals surface area (Å²) in [4.78, 5) is 0. The molecule has 66 valence electrons. The highest BCUT2D eigenvalue weighted by Gasteiger charge is 2.27. The van der Waals surface area contributed by atoms with Gasteiger partial charge >= 0.3 is 0 Å². The number of rotatable bonds is 1. The van der Waals surface area contributed by atoms with Gasteiger partial charge in [0, 0.05) is 6.42 Å². The summed E-state index contributed by atoms with van der Waals surface area (Å²) >= 11 is 0. The van der Waals surface area contributed by atoms with Crippen molar-refractivity contribution in [2.45, 2.75) is 25.6 Å². The molecule has 2 nitrogen and oxygen atoms in total. The Morgan fingerprint density at radius 2 is 2.00 bits per heavy atom. The van der Waals surface area contributed by atoms with Crippen molar-refractivity contribution in [1.29, 1.82) is 5.26 Å². The minimum atomic E-state index is 0.253. The molecule has 0 saturated carbocycles. The molecule has 2 heteroatoms. The van der Waals surface area contributed by atoms with Crippen LogP contribution in [0.1, 0.15) is 30.6 Å². The Hall–Kier alpha value is -1.33. The van der Waals surface area contributed by atoms with E-state index < -0.39 is 0 Å². The summed E-state index contributed by atoms with van der Waals surface area (Å²) in [5.74, 6) is 0. The number of benzene rings is 1. The first-order chi connectivity index (χ1) is 6.29. The molecule has 0 radical (unpaired) electrons. The topological polar surface area (TPSA) is 33.0 Å². The Labute approximate surface area is 77.8 Å². The van der Waals surface area contributed by atoms with Crippen LogP contribution in [0.15, 0.2) is 24.3 Å². The third-order valence-corrected chi connectivity index (χ3v) is 2.35. The Balaban J connectivity index is 2.11. The molecule has 13 heavy (non-hydrogen) atoms. The van der Waals surface area contributed by atoms with Gasteiger partial charge in [-0.1, -0.05) is 12.1 Å². The van der Waals surface area contributed by atoms with Gasteiger partial charge in [0.05, 0.1) is 23.8 Å². The van der Waals surface area contributed by atoms with Gasteiger partial charge < -0.3 is 4.74 Å². The van der Waals surface area contributed by atoms with Crippen molar-refractivity contribution in [1.82, 2.24) is 0 Å². The van der Waals surface area contributed by atoms with Gasteiger partial charge in [0.15, 0.2) is 0 Å². The first-order valence-electron chi connectivity index (χ1n) is 4.45. The van der Waals surface area contributed by atoms with E-state index in [9.17, 15) is 0 Å². The van der Waals surface area contributed by atoms with E-state index in [0.29, 0.717) is 11.7 Å². The van der Waals surface area contributed by atoms with Crippen molar-refractivity contribution in [3.05, 3.63) is 35.4 Å². The van der Waals surface area contributed by atoms with Gasteiger partial charge in [-0.05, 0) is 24.6 Å². The van der Waals surface area contributed by atoms with Crippen molar-refractivity contribution in [2.75, 3.05) is 0 Å². The molecule has 1 aromatic rings. The van der Waals surface area contributed by atoms with Crippen LogP contribution in [0.3, 0.4) is 0 Å². The van der Waals surface area contributed by atoms with Gasteiger partial charge in [0.2, 0.25) is 0 Å². The zero-order chi connectivity index (χ0) is 9.26. The van der Waals surface area contributed by atoms with Crippen LogP contribution in [0.4, 0.5) is 0 Å². The SMILES string of the molecule is CC1CC(c2ccc(C#N)cc2)O1. The second-order valence-electron chi connectivity index (χ2n) is 3.40. The van der Waals surface area contributed by atoms with E-state index in [-0.39, 0.29) is 6.10 Å². The molecule has 1 saturated heterocycles. The van der Waals surface area contributed by atoms with Gasteiger partial charge in [-0.15, -0.1) is 0 Å². The summed E-state index contributed by atoms with van der Waals surface area (Å²) in [7, 11) is 0. The fourth-order valence-electron chi connectivity index (χ4n) is 1.56. The van der Waals surface area contributed by atoms with Crippen molar-refractivity contribution < 1.29 is 4.74 Å². The maximum atomic E-state index is 8.60. The van der Waals surface area contributed by atoms with E-state index in [2.05, 4.69) is 13.0 Å². The molecule has 1 aliphatic heterocycles. The highest BCUT2D eigenvalue weighted by molar-refractivity contribution is 5.32. The van der Waals surface area contributed by atoms with Crippen LogP contribution in [0.5, 0.6) is 0 Å². The highest BCUT2D eigenvalue weighted by atomic mass is 16.5. The first-order valence-corrected chi connectivity index (χ1v) is 4.45. The summed E-state index contributed by atoms with van der Waals surface area (Å²) in [5, 5.41) is 8.60. The maximum Gasteiger partial charge on any atom is 0.0991 e. The van der Waals surface area contributed by atoms with E-state index in [1.807, 2.05) is 24.3 Å². The fraction of sp³-hybridized carbons (Fsp3) is 0.364. The minimum Gasteiger partial charge on any atom is -0.370 e. The Kier molecular flexibility index (Phi) is 2.03. The molecular formula is C11H11NO. The molecule has 2 unspecified atom stereocenters. The van der Waals surface area contributed by atoms with Crippen LogP contribution in [-0.4, -0.2) is 6.10 Å². The smallest absolute Gasteiger partial charge is 0.0991 e. The third-order valence-electron chi connectivity index (χ3n) is 2.35. The molecule has 0 bridgehead atoms. The molecule has 1 aliphatic rings. The predicted octanol–water partition coefficient (Wildman–Crippen LogP) is 2.41. The summed E-state index contributed by atoms with van der Waals surface area (Å²) in [6, 6.07) is 9.70. The molecule has 0 aliphatic carbocycles. The first kappa shape index (κ1) is 8.28. The monoisotopic (exact) mass is 173 g/mol. The van der Waals surface area contributed by atoms with Crippen LogP contribution in [0.25, 0.3) is 0 Å². The molecule has 1 heterocycles. The van der Waals surface area contributed by atoms with Gasteiger partial charge in [-0.2, -0.15) is 5.26 Å². The van der Waals surface area contributed by atoms with Crippen LogP contribution in [0, 0.1) is 11.3 Å². The van der Waals surface area contributed by atoms with E-state index >= 15 is 0 Å². The molecule has 0 N–H and O–H groups in total. The average molecular weight is 173 g/mol. The summed E-state index contributed by atoms with van der Waals surface area (Å²) in [6.45, 7) is 2.07. The highest BCUT2D eigenvalue weighted by Crippen LogP contribution is 2.34. The molecule has 0 aromatic heterocycles. The van der Waals surface area contributed by atoms with Gasteiger partial charge in [-0.25, -0.2) is 0 Å². The number of hydrogen-bond donors (Lipinski definition) is 0. The molecule has 0 spiro atoms. The molecule has 2 atom stereocenters. The minimum absolute atomic E-state index is 0.253. The lowest BCUT2D eigenvalue weighted by molar-refractivity contribution is -0.116. The molecular weight excluding hydrogens is 162 g/mol. The summed E-state index contributed by atoms with van der Waals surface area (Å²) in [6.07, 6.45) is 1.73. The molecule has 0 amide bonds. The van der Waals surface area contributed by atoms with Gasteiger partial charge in [0.25, 0.3) is 0 Å². The quantitative estimate of drug-likeness (QED) is 0.653. The van der Waals surface area contributed by atoms with Crippen LogP contribution >= 0.6 is 0 Å². The zero-order valence-electron chi connectivity index (χ0n) is 7.53. The largest absolute Gasteiger partial charge is 0.370 e. The Bertz CT molecular complexity index is 330. The summed E-state index contributed by atoms with van der Waals surface area (Å²) < 4.78 is 5.52. The average Bonchev–Trinajstić information content (AvgIpc) is 2.13. The molecule has 2 rings (SSSR count). The number of nitrogens with zero attached hydrogens (tertiary/aromatic N) is 1. The number of ether oxygens (including phenoxy) is 1.